The molecule has 0 saturated heterocycles. The molecule has 216 valence electrons. The smallest absolute Gasteiger partial charge is 0.171 e. The van der Waals surface area contributed by atoms with Gasteiger partial charge in [-0.3, -0.25) is 0 Å². The van der Waals surface area contributed by atoms with Gasteiger partial charge in [0.2, 0.25) is 0 Å². The first-order chi connectivity index (χ1) is 22.7. The van der Waals surface area contributed by atoms with Gasteiger partial charge in [0.1, 0.15) is 0 Å². The molecule has 0 N–H and O–H groups in total. The third kappa shape index (κ3) is 4.10. The molecular formula is C42H27N2OP. The van der Waals surface area contributed by atoms with E-state index in [0.29, 0.717) is 5.82 Å². The zero-order valence-corrected chi connectivity index (χ0v) is 25.7. The van der Waals surface area contributed by atoms with Gasteiger partial charge < -0.3 is 4.57 Å². The van der Waals surface area contributed by atoms with E-state index in [9.17, 15) is 0 Å². The van der Waals surface area contributed by atoms with Crippen molar-refractivity contribution in [1.29, 1.82) is 0 Å². The van der Waals surface area contributed by atoms with Crippen molar-refractivity contribution in [2.45, 2.75) is 0 Å². The number of hydrogen-bond donors (Lipinski definition) is 0. The normalized spacial score (nSPS) is 12.0. The molecule has 0 atom stereocenters. The SMILES string of the molecule is O=P(c1ccccc1)(c1ccccc1)c1cc(-c2ccc3ccccc3c2)c2ccc3nc(-c4ccccc4)nc4ccc1c2c34. The molecule has 0 amide bonds. The Balaban J connectivity index is 1.43. The van der Waals surface area contributed by atoms with Gasteiger partial charge in [-0.15, -0.1) is 0 Å². The first-order valence-corrected chi connectivity index (χ1v) is 17.2. The monoisotopic (exact) mass is 606 g/mol. The minimum absolute atomic E-state index is 0.695. The second kappa shape index (κ2) is 10.5. The second-order valence-electron chi connectivity index (χ2n) is 11.7. The van der Waals surface area contributed by atoms with Crippen molar-refractivity contribution in [3.8, 4) is 22.5 Å². The van der Waals surface area contributed by atoms with Crippen molar-refractivity contribution in [2.75, 3.05) is 0 Å². The lowest BCUT2D eigenvalue weighted by Gasteiger charge is -2.24. The van der Waals surface area contributed by atoms with Crippen LogP contribution in [0.15, 0.2) is 164 Å². The first-order valence-electron chi connectivity index (χ1n) is 15.4. The van der Waals surface area contributed by atoms with Crippen molar-refractivity contribution < 1.29 is 4.57 Å². The minimum Gasteiger partial charge on any atom is -0.309 e. The fourth-order valence-electron chi connectivity index (χ4n) is 6.90. The number of aromatic nitrogens is 2. The van der Waals surface area contributed by atoms with E-state index in [-0.39, 0.29) is 0 Å². The van der Waals surface area contributed by atoms with Crippen LogP contribution in [0, 0.1) is 0 Å². The van der Waals surface area contributed by atoms with Gasteiger partial charge in [0.05, 0.1) is 11.0 Å². The fraction of sp³-hybridized carbons (Fsp3) is 0. The summed E-state index contributed by atoms with van der Waals surface area (Å²) in [5.41, 5.74) is 4.84. The van der Waals surface area contributed by atoms with Crippen molar-refractivity contribution in [3.63, 3.8) is 0 Å². The molecule has 0 aliphatic rings. The Morgan fingerprint density at radius 3 is 1.65 bits per heavy atom. The van der Waals surface area contributed by atoms with E-state index in [4.69, 9.17) is 9.97 Å². The molecule has 1 aromatic heterocycles. The molecule has 0 unspecified atom stereocenters. The van der Waals surface area contributed by atoms with Crippen LogP contribution < -0.4 is 15.9 Å². The Kier molecular flexibility index (Phi) is 6.09. The molecule has 46 heavy (non-hydrogen) atoms. The van der Waals surface area contributed by atoms with E-state index in [1.165, 1.54) is 5.39 Å². The molecule has 0 radical (unpaired) electrons. The maximum absolute atomic E-state index is 16.0. The Morgan fingerprint density at radius 2 is 1.00 bits per heavy atom. The summed E-state index contributed by atoms with van der Waals surface area (Å²) in [5.74, 6) is 0.695. The van der Waals surface area contributed by atoms with Gasteiger partial charge in [0.25, 0.3) is 0 Å². The van der Waals surface area contributed by atoms with Crippen LogP contribution in [0.5, 0.6) is 0 Å². The van der Waals surface area contributed by atoms with Crippen molar-refractivity contribution in [2.24, 2.45) is 0 Å². The van der Waals surface area contributed by atoms with Crippen LogP contribution >= 0.6 is 7.14 Å². The molecular weight excluding hydrogens is 579 g/mol. The first kappa shape index (κ1) is 26.7. The van der Waals surface area contributed by atoms with Crippen LogP contribution in [0.4, 0.5) is 0 Å². The molecule has 0 saturated carbocycles. The number of hydrogen-bond acceptors (Lipinski definition) is 3. The Bertz CT molecular complexity index is 2540. The van der Waals surface area contributed by atoms with Gasteiger partial charge in [-0.2, -0.15) is 0 Å². The quantitative estimate of drug-likeness (QED) is 0.145. The number of nitrogens with zero attached hydrogens (tertiary/aromatic N) is 2. The maximum Gasteiger partial charge on any atom is 0.171 e. The lowest BCUT2D eigenvalue weighted by molar-refractivity contribution is 0.592. The van der Waals surface area contributed by atoms with Crippen LogP contribution in [0.1, 0.15) is 0 Å². The van der Waals surface area contributed by atoms with Crippen LogP contribution in [0.25, 0.3) is 65.9 Å². The van der Waals surface area contributed by atoms with Crippen LogP contribution in [-0.2, 0) is 4.57 Å². The summed E-state index contributed by atoms with van der Waals surface area (Å²) in [7, 11) is -3.33. The van der Waals surface area contributed by atoms with Crippen molar-refractivity contribution in [3.05, 3.63) is 164 Å². The van der Waals surface area contributed by atoms with E-state index in [1.54, 1.807) is 0 Å². The van der Waals surface area contributed by atoms with Gasteiger partial charge in [-0.25, -0.2) is 9.97 Å². The van der Waals surface area contributed by atoms with Gasteiger partial charge >= 0.3 is 0 Å². The summed E-state index contributed by atoms with van der Waals surface area (Å²) >= 11 is 0. The van der Waals surface area contributed by atoms with Crippen LogP contribution in [-0.4, -0.2) is 9.97 Å². The summed E-state index contributed by atoms with van der Waals surface area (Å²) in [4.78, 5) is 10.1. The highest BCUT2D eigenvalue weighted by Gasteiger charge is 2.33. The highest BCUT2D eigenvalue weighted by Crippen LogP contribution is 2.48. The molecule has 0 bridgehead atoms. The van der Waals surface area contributed by atoms with Crippen LogP contribution in [0.3, 0.4) is 0 Å². The standard InChI is InChI=1S/C42H27N2OP/c45-46(32-16-6-2-7-17-32,33-18-8-3-9-19-33)39-27-36(31-21-20-28-12-10-11-15-30(28)26-31)34-22-24-37-41-38(25-23-35(39)40(34)41)44-42(43-37)29-13-4-1-5-14-29/h1-27H. The van der Waals surface area contributed by atoms with E-state index < -0.39 is 7.14 Å². The molecule has 9 rings (SSSR count). The predicted molar refractivity (Wildman–Crippen MR) is 194 cm³/mol. The maximum atomic E-state index is 16.0. The Morgan fingerprint density at radius 1 is 0.435 bits per heavy atom. The fourth-order valence-corrected chi connectivity index (χ4v) is 9.78. The average molecular weight is 607 g/mol. The lowest BCUT2D eigenvalue weighted by atomic mass is 9.91. The largest absolute Gasteiger partial charge is 0.309 e. The molecule has 3 nitrogen and oxygen atoms in total. The third-order valence-corrected chi connectivity index (χ3v) is 12.2. The Hall–Kier alpha value is -5.63. The molecule has 1 heterocycles. The molecule has 9 aromatic rings. The number of rotatable bonds is 5. The molecule has 4 heteroatoms. The lowest BCUT2D eigenvalue weighted by Crippen LogP contribution is -2.26. The molecule has 0 fully saturated rings. The topological polar surface area (TPSA) is 42.9 Å². The van der Waals surface area contributed by atoms with Crippen molar-refractivity contribution in [1.82, 2.24) is 9.97 Å². The predicted octanol–water partition coefficient (Wildman–Crippen LogP) is 9.50. The summed E-state index contributed by atoms with van der Waals surface area (Å²) < 4.78 is 16.0. The van der Waals surface area contributed by atoms with Crippen LogP contribution in [0.2, 0.25) is 0 Å². The minimum atomic E-state index is -3.33. The summed E-state index contributed by atoms with van der Waals surface area (Å²) in [6, 6.07) is 55.6. The summed E-state index contributed by atoms with van der Waals surface area (Å²) in [6.07, 6.45) is 0. The highest BCUT2D eigenvalue weighted by molar-refractivity contribution is 7.85. The second-order valence-corrected chi connectivity index (χ2v) is 14.4. The summed E-state index contributed by atoms with van der Waals surface area (Å²) in [5, 5.41) is 8.88. The average Bonchev–Trinajstić information content (AvgIpc) is 3.14. The van der Waals surface area contributed by atoms with Gasteiger partial charge in [0.15, 0.2) is 13.0 Å². The molecule has 0 aliphatic carbocycles. The van der Waals surface area contributed by atoms with E-state index in [1.807, 2.05) is 91.0 Å². The number of benzene rings is 8. The molecule has 0 spiro atoms. The van der Waals surface area contributed by atoms with Gasteiger partial charge in [-0.1, -0.05) is 140 Å². The zero-order chi connectivity index (χ0) is 30.7. The molecule has 8 aromatic carbocycles. The third-order valence-electron chi connectivity index (χ3n) is 9.09. The van der Waals surface area contributed by atoms with E-state index in [0.717, 1.165) is 70.6 Å². The van der Waals surface area contributed by atoms with E-state index in [2.05, 4.69) is 72.8 Å². The summed E-state index contributed by atoms with van der Waals surface area (Å²) in [6.45, 7) is 0. The Labute approximate surface area is 266 Å². The van der Waals surface area contributed by atoms with Gasteiger partial charge in [0, 0.05) is 32.2 Å². The highest BCUT2D eigenvalue weighted by atomic mass is 31.2. The van der Waals surface area contributed by atoms with Gasteiger partial charge in [-0.05, 0) is 56.9 Å². The number of fused-ring (bicyclic) bond motifs is 1. The zero-order valence-electron chi connectivity index (χ0n) is 24.8. The van der Waals surface area contributed by atoms with E-state index >= 15 is 4.57 Å². The molecule has 0 aliphatic heterocycles. The van der Waals surface area contributed by atoms with Crippen molar-refractivity contribution >= 4 is 66.4 Å².